The molecule has 2 N–H and O–H groups in total. The highest BCUT2D eigenvalue weighted by molar-refractivity contribution is 8.00. The minimum absolute atomic E-state index is 0.0369. The number of carbonyl (C=O) groups is 1. The van der Waals surface area contributed by atoms with Crippen LogP contribution in [0.15, 0.2) is 53.7 Å². The van der Waals surface area contributed by atoms with E-state index in [1.807, 2.05) is 48.7 Å². The van der Waals surface area contributed by atoms with E-state index in [4.69, 9.17) is 5.11 Å². The van der Waals surface area contributed by atoms with Crippen molar-refractivity contribution in [3.05, 3.63) is 54.1 Å². The molecule has 0 amide bonds. The van der Waals surface area contributed by atoms with E-state index in [9.17, 15) is 10.0 Å². The fourth-order valence-electron chi connectivity index (χ4n) is 2.52. The van der Waals surface area contributed by atoms with E-state index >= 15 is 0 Å². The standard InChI is InChI=1S/C17H19NO3S/c1-22-17(15(18-21)7-8-16(19)20)11-9-14(10-12-17)13-5-3-2-4-6-13/h2-6,9-11,21H,7-8,12H2,1H3,(H,19,20). The van der Waals surface area contributed by atoms with Crippen LogP contribution in [0.1, 0.15) is 24.8 Å². The maximum Gasteiger partial charge on any atom is 0.303 e. The van der Waals surface area contributed by atoms with Crippen LogP contribution in [0.2, 0.25) is 0 Å². The van der Waals surface area contributed by atoms with E-state index in [0.29, 0.717) is 12.1 Å². The molecule has 0 heterocycles. The van der Waals surface area contributed by atoms with Crippen LogP contribution in [0.4, 0.5) is 0 Å². The van der Waals surface area contributed by atoms with Gasteiger partial charge in [0.15, 0.2) is 0 Å². The molecule has 1 atom stereocenters. The third kappa shape index (κ3) is 3.60. The van der Waals surface area contributed by atoms with Gasteiger partial charge in [0.05, 0.1) is 16.9 Å². The number of thioether (sulfide) groups is 1. The number of benzene rings is 1. The summed E-state index contributed by atoms with van der Waals surface area (Å²) in [5.74, 6) is -0.891. The Morgan fingerprint density at radius 2 is 2.05 bits per heavy atom. The van der Waals surface area contributed by atoms with Crippen molar-refractivity contribution >= 4 is 29.0 Å². The average Bonchev–Trinajstić information content (AvgIpc) is 2.56. The second-order valence-corrected chi connectivity index (χ2v) is 6.23. The van der Waals surface area contributed by atoms with Crippen molar-refractivity contribution in [2.45, 2.75) is 24.0 Å². The summed E-state index contributed by atoms with van der Waals surface area (Å²) < 4.78 is -0.470. The predicted octanol–water partition coefficient (Wildman–Crippen LogP) is 3.83. The summed E-state index contributed by atoms with van der Waals surface area (Å²) in [7, 11) is 0. The molecule has 1 unspecified atom stereocenters. The van der Waals surface area contributed by atoms with Crippen LogP contribution in [0, 0.1) is 0 Å². The minimum atomic E-state index is -0.891. The van der Waals surface area contributed by atoms with Crippen LogP contribution < -0.4 is 0 Å². The van der Waals surface area contributed by atoms with Gasteiger partial charge in [0, 0.05) is 6.42 Å². The predicted molar refractivity (Wildman–Crippen MR) is 90.5 cm³/mol. The SMILES string of the molecule is CSC1(C(CCC(=O)O)=NO)C=CC(c2ccccc2)=CC1. The van der Waals surface area contributed by atoms with Gasteiger partial charge in [-0.25, -0.2) is 0 Å². The number of hydrogen-bond acceptors (Lipinski definition) is 4. The summed E-state index contributed by atoms with van der Waals surface area (Å²) in [4.78, 5) is 10.8. The molecule has 0 fully saturated rings. The molecule has 116 valence electrons. The highest BCUT2D eigenvalue weighted by atomic mass is 32.2. The van der Waals surface area contributed by atoms with Gasteiger partial charge in [-0.1, -0.05) is 53.7 Å². The van der Waals surface area contributed by atoms with Crippen molar-refractivity contribution in [2.75, 3.05) is 6.26 Å². The molecule has 4 nitrogen and oxygen atoms in total. The van der Waals surface area contributed by atoms with Gasteiger partial charge >= 0.3 is 5.97 Å². The lowest BCUT2D eigenvalue weighted by Gasteiger charge is -2.31. The van der Waals surface area contributed by atoms with Crippen molar-refractivity contribution in [1.29, 1.82) is 0 Å². The van der Waals surface area contributed by atoms with Crippen LogP contribution in [0.25, 0.3) is 5.57 Å². The van der Waals surface area contributed by atoms with Gasteiger partial charge in [0.1, 0.15) is 0 Å². The molecule has 0 radical (unpaired) electrons. The van der Waals surface area contributed by atoms with Crippen molar-refractivity contribution in [3.8, 4) is 0 Å². The lowest BCUT2D eigenvalue weighted by atomic mass is 9.87. The summed E-state index contributed by atoms with van der Waals surface area (Å²) in [6.45, 7) is 0. The number of allylic oxidation sites excluding steroid dienone is 3. The van der Waals surface area contributed by atoms with Gasteiger partial charge in [-0.05, 0) is 23.8 Å². The molecule has 0 spiro atoms. The Bertz CT molecular complexity index is 622. The Morgan fingerprint density at radius 1 is 1.32 bits per heavy atom. The zero-order valence-corrected chi connectivity index (χ0v) is 13.2. The first-order valence-corrected chi connectivity index (χ1v) is 8.27. The summed E-state index contributed by atoms with van der Waals surface area (Å²) in [5.41, 5.74) is 2.77. The molecule has 1 aromatic rings. The van der Waals surface area contributed by atoms with Gasteiger partial charge in [0.25, 0.3) is 0 Å². The molecule has 0 saturated carbocycles. The Kier molecular flexibility index (Phi) is 5.44. The van der Waals surface area contributed by atoms with E-state index < -0.39 is 10.7 Å². The molecule has 1 aliphatic carbocycles. The molecule has 0 bridgehead atoms. The normalized spacial score (nSPS) is 21.5. The van der Waals surface area contributed by atoms with E-state index in [1.54, 1.807) is 11.8 Å². The second-order valence-electron chi connectivity index (χ2n) is 5.10. The fourth-order valence-corrected chi connectivity index (χ4v) is 3.35. The first-order valence-electron chi connectivity index (χ1n) is 7.04. The van der Waals surface area contributed by atoms with Crippen LogP contribution in [0.3, 0.4) is 0 Å². The highest BCUT2D eigenvalue weighted by Gasteiger charge is 2.34. The topological polar surface area (TPSA) is 69.9 Å². The Hall–Kier alpha value is -2.01. The van der Waals surface area contributed by atoms with Crippen LogP contribution >= 0.6 is 11.8 Å². The largest absolute Gasteiger partial charge is 0.481 e. The summed E-state index contributed by atoms with van der Waals surface area (Å²) in [6, 6.07) is 10.1. The maximum atomic E-state index is 10.8. The van der Waals surface area contributed by atoms with Gasteiger partial charge < -0.3 is 10.3 Å². The van der Waals surface area contributed by atoms with E-state index in [1.165, 1.54) is 0 Å². The van der Waals surface area contributed by atoms with E-state index in [0.717, 1.165) is 11.1 Å². The second kappa shape index (κ2) is 7.31. The Morgan fingerprint density at radius 3 is 2.55 bits per heavy atom. The van der Waals surface area contributed by atoms with Crippen molar-refractivity contribution in [1.82, 2.24) is 0 Å². The van der Waals surface area contributed by atoms with Gasteiger partial charge in [-0.3, -0.25) is 4.79 Å². The number of aliphatic carboxylic acids is 1. The fraction of sp³-hybridized carbons (Fsp3) is 0.294. The number of rotatable bonds is 6. The number of carboxylic acid groups (broad SMARTS) is 1. The van der Waals surface area contributed by atoms with Gasteiger partial charge in [-0.2, -0.15) is 0 Å². The zero-order valence-electron chi connectivity index (χ0n) is 12.4. The van der Waals surface area contributed by atoms with Gasteiger partial charge in [0.2, 0.25) is 0 Å². The quantitative estimate of drug-likeness (QED) is 0.475. The number of hydrogen-bond donors (Lipinski definition) is 2. The number of oxime groups is 1. The third-order valence-corrected chi connectivity index (χ3v) is 5.08. The molecule has 0 aliphatic heterocycles. The van der Waals surface area contributed by atoms with Crippen LogP contribution in [-0.4, -0.2) is 33.0 Å². The smallest absolute Gasteiger partial charge is 0.303 e. The Balaban J connectivity index is 2.19. The molecule has 1 aliphatic rings. The first-order chi connectivity index (χ1) is 10.6. The molecule has 2 rings (SSSR count). The summed E-state index contributed by atoms with van der Waals surface area (Å²) in [5, 5.41) is 21.5. The monoisotopic (exact) mass is 317 g/mol. The van der Waals surface area contributed by atoms with E-state index in [2.05, 4.69) is 11.2 Å². The molecule has 1 aromatic carbocycles. The summed E-state index contributed by atoms with van der Waals surface area (Å²) in [6.07, 6.45) is 8.96. The van der Waals surface area contributed by atoms with Gasteiger partial charge in [-0.15, -0.1) is 11.8 Å². The summed E-state index contributed by atoms with van der Waals surface area (Å²) >= 11 is 1.56. The number of carboxylic acids is 1. The maximum absolute atomic E-state index is 10.8. The first kappa shape index (κ1) is 16.4. The zero-order chi connectivity index (χ0) is 16.0. The molecule has 5 heteroatoms. The lowest BCUT2D eigenvalue weighted by molar-refractivity contribution is -0.136. The molecular weight excluding hydrogens is 298 g/mol. The molecular formula is C17H19NO3S. The van der Waals surface area contributed by atoms with Crippen molar-refractivity contribution < 1.29 is 15.1 Å². The lowest BCUT2D eigenvalue weighted by Crippen LogP contribution is -2.34. The molecule has 0 saturated heterocycles. The minimum Gasteiger partial charge on any atom is -0.481 e. The van der Waals surface area contributed by atoms with Crippen LogP contribution in [-0.2, 0) is 4.79 Å². The molecule has 0 aromatic heterocycles. The van der Waals surface area contributed by atoms with Crippen LogP contribution in [0.5, 0.6) is 0 Å². The van der Waals surface area contributed by atoms with E-state index in [-0.39, 0.29) is 12.8 Å². The van der Waals surface area contributed by atoms with Crippen molar-refractivity contribution in [2.24, 2.45) is 5.16 Å². The highest BCUT2D eigenvalue weighted by Crippen LogP contribution is 2.38. The Labute approximate surface area is 134 Å². The van der Waals surface area contributed by atoms with Crippen molar-refractivity contribution in [3.63, 3.8) is 0 Å². The third-order valence-electron chi connectivity index (χ3n) is 3.81. The average molecular weight is 317 g/mol. The molecule has 22 heavy (non-hydrogen) atoms. The number of nitrogens with zero attached hydrogens (tertiary/aromatic N) is 1.